The maximum absolute atomic E-state index is 12.9. The van der Waals surface area contributed by atoms with E-state index >= 15 is 0 Å². The molecule has 0 aliphatic carbocycles. The molecule has 1 unspecified atom stereocenters. The van der Waals surface area contributed by atoms with Crippen LogP contribution in [0.5, 0.6) is 11.5 Å². The van der Waals surface area contributed by atoms with Gasteiger partial charge in [-0.05, 0) is 80.2 Å². The number of hydrogen-bond acceptors (Lipinski definition) is 5. The number of benzene rings is 3. The minimum Gasteiger partial charge on any atom is -0.493 e. The molecule has 0 radical (unpaired) electrons. The number of para-hydroxylation sites is 1. The summed E-state index contributed by atoms with van der Waals surface area (Å²) in [5.41, 5.74) is 1.60. The van der Waals surface area contributed by atoms with E-state index < -0.39 is 6.10 Å². The van der Waals surface area contributed by atoms with Crippen LogP contribution in [0.4, 0.5) is 11.4 Å². The summed E-state index contributed by atoms with van der Waals surface area (Å²) in [5, 5.41) is 9.04. The van der Waals surface area contributed by atoms with Gasteiger partial charge in [0.05, 0.1) is 17.2 Å². The van der Waals surface area contributed by atoms with E-state index in [1.54, 1.807) is 67.6 Å². The van der Waals surface area contributed by atoms with Gasteiger partial charge in [-0.2, -0.15) is 0 Å². The third-order valence-electron chi connectivity index (χ3n) is 5.59. The summed E-state index contributed by atoms with van der Waals surface area (Å²) in [6, 6.07) is 19.2. The van der Waals surface area contributed by atoms with Crippen LogP contribution >= 0.6 is 39.7 Å². The summed E-state index contributed by atoms with van der Waals surface area (Å²) < 4.78 is 12.3. The predicted octanol–water partition coefficient (Wildman–Crippen LogP) is 7.59. The fourth-order valence-electron chi connectivity index (χ4n) is 3.51. The molecule has 1 atom stereocenters. The van der Waals surface area contributed by atoms with Crippen molar-refractivity contribution < 1.29 is 19.1 Å². The molecule has 3 N–H and O–H groups in total. The number of carbonyl (C=O) groups is 2. The molecule has 7 nitrogen and oxygen atoms in total. The van der Waals surface area contributed by atoms with Crippen molar-refractivity contribution in [3.8, 4) is 11.5 Å². The highest BCUT2D eigenvalue weighted by atomic mass is 79.9. The Labute approximate surface area is 247 Å². The second-order valence-electron chi connectivity index (χ2n) is 8.71. The highest BCUT2D eigenvalue weighted by Gasteiger charge is 2.17. The molecule has 39 heavy (non-hydrogen) atoms. The number of nitrogens with one attached hydrogen (secondary N) is 3. The number of ether oxygens (including phenoxy) is 2. The molecule has 3 aromatic carbocycles. The van der Waals surface area contributed by atoms with Crippen molar-refractivity contribution in [1.82, 2.24) is 5.32 Å². The molecular weight excluding hydrogens is 602 g/mol. The summed E-state index contributed by atoms with van der Waals surface area (Å²) >= 11 is 14.9. The number of rotatable bonds is 12. The molecule has 0 saturated heterocycles. The lowest BCUT2D eigenvalue weighted by atomic mass is 10.2. The normalized spacial score (nSPS) is 11.3. The Morgan fingerprint density at radius 2 is 1.64 bits per heavy atom. The van der Waals surface area contributed by atoms with Crippen molar-refractivity contribution in [3.05, 3.63) is 81.8 Å². The van der Waals surface area contributed by atoms with Gasteiger partial charge in [0.2, 0.25) is 0 Å². The van der Waals surface area contributed by atoms with Gasteiger partial charge >= 0.3 is 0 Å². The van der Waals surface area contributed by atoms with E-state index in [1.165, 1.54) is 0 Å². The van der Waals surface area contributed by atoms with Gasteiger partial charge < -0.3 is 20.1 Å². The highest BCUT2D eigenvalue weighted by molar-refractivity contribution is 9.10. The van der Waals surface area contributed by atoms with Crippen LogP contribution in [0.25, 0.3) is 0 Å². The maximum atomic E-state index is 12.9. The van der Waals surface area contributed by atoms with Crippen LogP contribution in [-0.2, 0) is 4.79 Å². The zero-order chi connectivity index (χ0) is 28.2. The first-order valence-electron chi connectivity index (χ1n) is 12.6. The van der Waals surface area contributed by atoms with Crippen LogP contribution in [0.1, 0.15) is 49.9 Å². The molecule has 3 rings (SSSR count). The van der Waals surface area contributed by atoms with Crippen molar-refractivity contribution >= 4 is 68.1 Å². The summed E-state index contributed by atoms with van der Waals surface area (Å²) in [7, 11) is 0. The Bertz CT molecular complexity index is 1290. The number of amides is 2. The molecule has 0 fully saturated rings. The lowest BCUT2D eigenvalue weighted by Crippen LogP contribution is -2.34. The average molecular weight is 633 g/mol. The number of thiocarbonyl (C=S) groups is 1. The van der Waals surface area contributed by atoms with E-state index in [4.69, 9.17) is 33.3 Å². The van der Waals surface area contributed by atoms with Crippen molar-refractivity contribution in [1.29, 1.82) is 0 Å². The number of halogens is 2. The van der Waals surface area contributed by atoms with Gasteiger partial charge in [0.25, 0.3) is 11.8 Å². The van der Waals surface area contributed by atoms with E-state index in [9.17, 15) is 9.59 Å². The summed E-state index contributed by atoms with van der Waals surface area (Å²) in [4.78, 5) is 25.5. The number of carbonyl (C=O) groups excluding carboxylic acids is 2. The smallest absolute Gasteiger partial charge is 0.265 e. The Balaban J connectivity index is 1.52. The van der Waals surface area contributed by atoms with E-state index in [0.717, 1.165) is 30.2 Å². The minimum absolute atomic E-state index is 0.132. The monoisotopic (exact) mass is 631 g/mol. The molecule has 0 saturated carbocycles. The van der Waals surface area contributed by atoms with Gasteiger partial charge in [0, 0.05) is 15.8 Å². The minimum atomic E-state index is -0.756. The van der Waals surface area contributed by atoms with Gasteiger partial charge in [-0.1, -0.05) is 65.8 Å². The topological polar surface area (TPSA) is 88.7 Å². The molecule has 0 bridgehead atoms. The second-order valence-corrected chi connectivity index (χ2v) is 10.4. The first kappa shape index (κ1) is 30.4. The van der Waals surface area contributed by atoms with Gasteiger partial charge in [-0.15, -0.1) is 0 Å². The fourth-order valence-corrected chi connectivity index (χ4v) is 4.27. The van der Waals surface area contributed by atoms with Gasteiger partial charge in [-0.3, -0.25) is 14.9 Å². The Kier molecular flexibility index (Phi) is 12.0. The van der Waals surface area contributed by atoms with E-state index in [1.807, 2.05) is 6.07 Å². The quantitative estimate of drug-likeness (QED) is 0.141. The van der Waals surface area contributed by atoms with Crippen molar-refractivity contribution in [2.75, 3.05) is 17.2 Å². The van der Waals surface area contributed by atoms with Crippen molar-refractivity contribution in [2.45, 2.75) is 45.6 Å². The van der Waals surface area contributed by atoms with Crippen LogP contribution in [0.2, 0.25) is 5.02 Å². The van der Waals surface area contributed by atoms with E-state index in [-0.39, 0.29) is 16.9 Å². The predicted molar refractivity (Wildman–Crippen MR) is 164 cm³/mol. The third kappa shape index (κ3) is 9.84. The molecule has 0 aromatic heterocycles. The SMILES string of the molecule is CCCCCCOc1ccc(Br)cc1C(=O)NC(=S)Nc1ccc(NC(=O)C(C)Oc2ccccc2Cl)cc1. The summed E-state index contributed by atoms with van der Waals surface area (Å²) in [6.07, 6.45) is 3.55. The Morgan fingerprint density at radius 1 is 0.949 bits per heavy atom. The standard InChI is InChI=1S/C29H31BrClN3O4S/c1-3-4-5-8-17-37-25-16-11-20(30)18-23(25)28(36)34-29(39)33-22-14-12-21(13-15-22)32-27(35)19(2)38-26-10-7-6-9-24(26)31/h6-7,9-16,18-19H,3-5,8,17H2,1-2H3,(H,32,35)(H2,33,34,36,39). The largest absolute Gasteiger partial charge is 0.493 e. The van der Waals surface area contributed by atoms with Crippen LogP contribution in [0.15, 0.2) is 71.2 Å². The highest BCUT2D eigenvalue weighted by Crippen LogP contribution is 2.25. The third-order valence-corrected chi connectivity index (χ3v) is 6.60. The lowest BCUT2D eigenvalue weighted by molar-refractivity contribution is -0.122. The first-order chi connectivity index (χ1) is 18.8. The molecule has 3 aromatic rings. The summed E-state index contributed by atoms with van der Waals surface area (Å²) in [5.74, 6) is 0.234. The molecule has 10 heteroatoms. The molecule has 0 spiro atoms. The van der Waals surface area contributed by atoms with Gasteiger partial charge in [-0.25, -0.2) is 0 Å². The van der Waals surface area contributed by atoms with Crippen LogP contribution in [0.3, 0.4) is 0 Å². The van der Waals surface area contributed by atoms with Gasteiger partial charge in [0.1, 0.15) is 11.5 Å². The molecule has 0 heterocycles. The maximum Gasteiger partial charge on any atom is 0.265 e. The average Bonchev–Trinajstić information content (AvgIpc) is 2.91. The van der Waals surface area contributed by atoms with Crippen LogP contribution in [0, 0.1) is 0 Å². The molecule has 2 amide bonds. The summed E-state index contributed by atoms with van der Waals surface area (Å²) in [6.45, 7) is 4.34. The zero-order valence-corrected chi connectivity index (χ0v) is 24.9. The van der Waals surface area contributed by atoms with E-state index in [2.05, 4.69) is 38.8 Å². The second kappa shape index (κ2) is 15.5. The number of unbranched alkanes of at least 4 members (excludes halogenated alkanes) is 3. The number of anilines is 2. The van der Waals surface area contributed by atoms with E-state index in [0.29, 0.717) is 40.1 Å². The first-order valence-corrected chi connectivity index (χ1v) is 14.2. The fraction of sp³-hybridized carbons (Fsp3) is 0.276. The van der Waals surface area contributed by atoms with Crippen molar-refractivity contribution in [2.24, 2.45) is 0 Å². The Morgan fingerprint density at radius 3 is 2.33 bits per heavy atom. The van der Waals surface area contributed by atoms with Crippen LogP contribution in [-0.4, -0.2) is 29.6 Å². The van der Waals surface area contributed by atoms with Crippen LogP contribution < -0.4 is 25.4 Å². The van der Waals surface area contributed by atoms with Gasteiger partial charge in [0.15, 0.2) is 11.2 Å². The zero-order valence-electron chi connectivity index (χ0n) is 21.8. The van der Waals surface area contributed by atoms with Crippen molar-refractivity contribution in [3.63, 3.8) is 0 Å². The molecule has 206 valence electrons. The molecular formula is C29H31BrClN3O4S. The Hall–Kier alpha value is -3.14. The molecule has 0 aliphatic rings. The number of hydrogen-bond donors (Lipinski definition) is 3. The molecule has 0 aliphatic heterocycles. The lowest BCUT2D eigenvalue weighted by Gasteiger charge is -2.16.